The highest BCUT2D eigenvalue weighted by molar-refractivity contribution is 5.51. The van der Waals surface area contributed by atoms with Gasteiger partial charge in [0.25, 0.3) is 0 Å². The number of hydrogen-bond acceptors (Lipinski definition) is 1. The molecule has 0 aliphatic rings. The maximum Gasteiger partial charge on any atom is 0.141 e. The predicted octanol–water partition coefficient (Wildman–Crippen LogP) is 5.59. The van der Waals surface area contributed by atoms with Crippen molar-refractivity contribution >= 4 is 6.08 Å². The first kappa shape index (κ1) is 16.9. The summed E-state index contributed by atoms with van der Waals surface area (Å²) < 4.78 is 27.0. The predicted molar refractivity (Wildman–Crippen MR) is 89.0 cm³/mol. The van der Waals surface area contributed by atoms with E-state index in [1.807, 2.05) is 37.3 Å². The zero-order chi connectivity index (χ0) is 16.7. The van der Waals surface area contributed by atoms with E-state index >= 15 is 0 Å². The van der Waals surface area contributed by atoms with Crippen LogP contribution in [0.25, 0.3) is 6.08 Å². The first-order valence-electron chi connectivity index (χ1n) is 7.76. The number of aryl methyl sites for hydroxylation is 2. The van der Waals surface area contributed by atoms with Gasteiger partial charge in [0, 0.05) is 0 Å². The van der Waals surface area contributed by atoms with Gasteiger partial charge in [0.1, 0.15) is 17.7 Å². The van der Waals surface area contributed by atoms with Crippen LogP contribution in [-0.4, -0.2) is 0 Å². The van der Waals surface area contributed by atoms with Crippen molar-refractivity contribution in [1.82, 2.24) is 0 Å². The SMILES string of the molecule is CCC/C(F)=C\c1ccc(CCc2ccc(C#N)c(F)c2)cc1. The van der Waals surface area contributed by atoms with Gasteiger partial charge in [-0.05, 0) is 60.6 Å². The van der Waals surface area contributed by atoms with Gasteiger partial charge in [0.2, 0.25) is 0 Å². The van der Waals surface area contributed by atoms with Gasteiger partial charge >= 0.3 is 0 Å². The number of rotatable bonds is 6. The molecule has 0 bridgehead atoms. The Morgan fingerprint density at radius 1 is 1.09 bits per heavy atom. The van der Waals surface area contributed by atoms with Crippen LogP contribution in [0.5, 0.6) is 0 Å². The molecule has 23 heavy (non-hydrogen) atoms. The van der Waals surface area contributed by atoms with Crippen molar-refractivity contribution in [3.8, 4) is 6.07 Å². The Morgan fingerprint density at radius 2 is 1.74 bits per heavy atom. The normalized spacial score (nSPS) is 11.3. The van der Waals surface area contributed by atoms with Crippen LogP contribution in [0.4, 0.5) is 8.78 Å². The van der Waals surface area contributed by atoms with Crippen LogP contribution in [0.2, 0.25) is 0 Å². The van der Waals surface area contributed by atoms with E-state index in [0.717, 1.165) is 29.5 Å². The second-order valence-corrected chi connectivity index (χ2v) is 5.51. The first-order valence-corrected chi connectivity index (χ1v) is 7.76. The number of nitrogens with zero attached hydrogens (tertiary/aromatic N) is 1. The molecule has 0 fully saturated rings. The standard InChI is InChI=1S/C20H19F2N/c1-2-3-19(21)12-16-7-4-15(5-8-16)6-9-17-10-11-18(14-23)20(22)13-17/h4-5,7-8,10-13H,2-3,6,9H2,1H3/b19-12+. The van der Waals surface area contributed by atoms with Gasteiger partial charge in [-0.15, -0.1) is 0 Å². The summed E-state index contributed by atoms with van der Waals surface area (Å²) in [5.74, 6) is -0.579. The lowest BCUT2D eigenvalue weighted by Crippen LogP contribution is -1.94. The van der Waals surface area contributed by atoms with Crippen molar-refractivity contribution in [3.63, 3.8) is 0 Å². The van der Waals surface area contributed by atoms with E-state index in [9.17, 15) is 8.78 Å². The van der Waals surface area contributed by atoms with Gasteiger partial charge in [-0.25, -0.2) is 8.78 Å². The molecule has 0 heterocycles. The van der Waals surface area contributed by atoms with Gasteiger partial charge in [0.05, 0.1) is 5.56 Å². The lowest BCUT2D eigenvalue weighted by Gasteiger charge is -2.04. The second kappa shape index (κ2) is 8.24. The van der Waals surface area contributed by atoms with E-state index in [2.05, 4.69) is 0 Å². The van der Waals surface area contributed by atoms with Crippen molar-refractivity contribution in [2.45, 2.75) is 32.6 Å². The summed E-state index contributed by atoms with van der Waals surface area (Å²) in [6.45, 7) is 1.95. The van der Waals surface area contributed by atoms with E-state index < -0.39 is 5.82 Å². The molecule has 0 N–H and O–H groups in total. The third kappa shape index (κ3) is 5.03. The Labute approximate surface area is 135 Å². The zero-order valence-electron chi connectivity index (χ0n) is 13.2. The van der Waals surface area contributed by atoms with E-state index in [4.69, 9.17) is 5.26 Å². The summed E-state index contributed by atoms with van der Waals surface area (Å²) in [7, 11) is 0. The molecule has 3 heteroatoms. The fourth-order valence-electron chi connectivity index (χ4n) is 2.37. The molecule has 2 aromatic carbocycles. The van der Waals surface area contributed by atoms with Gasteiger partial charge in [-0.3, -0.25) is 0 Å². The van der Waals surface area contributed by atoms with Crippen LogP contribution in [0.1, 0.15) is 42.0 Å². The Balaban J connectivity index is 1.98. The fourth-order valence-corrected chi connectivity index (χ4v) is 2.37. The molecule has 2 aromatic rings. The highest BCUT2D eigenvalue weighted by Gasteiger charge is 2.03. The summed E-state index contributed by atoms with van der Waals surface area (Å²) in [5.41, 5.74) is 2.89. The Bertz CT molecular complexity index is 724. The van der Waals surface area contributed by atoms with Crippen molar-refractivity contribution in [3.05, 3.63) is 76.4 Å². The molecule has 0 saturated carbocycles. The number of nitriles is 1. The Hall–Kier alpha value is -2.47. The number of halogens is 2. The average molecular weight is 311 g/mol. The van der Waals surface area contributed by atoms with Gasteiger partial charge in [-0.2, -0.15) is 5.26 Å². The summed E-state index contributed by atoms with van der Waals surface area (Å²) >= 11 is 0. The lowest BCUT2D eigenvalue weighted by atomic mass is 10.0. The number of benzene rings is 2. The molecule has 0 aliphatic heterocycles. The van der Waals surface area contributed by atoms with E-state index in [1.165, 1.54) is 12.1 Å². The van der Waals surface area contributed by atoms with Crippen molar-refractivity contribution in [2.75, 3.05) is 0 Å². The molecule has 1 nitrogen and oxygen atoms in total. The minimum atomic E-state index is -0.475. The second-order valence-electron chi connectivity index (χ2n) is 5.51. The highest BCUT2D eigenvalue weighted by atomic mass is 19.1. The number of hydrogen-bond donors (Lipinski definition) is 0. The van der Waals surface area contributed by atoms with Crippen LogP contribution in [-0.2, 0) is 12.8 Å². The molecule has 0 aliphatic carbocycles. The molecule has 0 unspecified atom stereocenters. The van der Waals surface area contributed by atoms with Gasteiger partial charge in [-0.1, -0.05) is 37.3 Å². The number of allylic oxidation sites excluding steroid dienone is 1. The molecule has 0 radical (unpaired) electrons. The topological polar surface area (TPSA) is 23.8 Å². The largest absolute Gasteiger partial charge is 0.212 e. The molecule has 0 aromatic heterocycles. The molecule has 0 atom stereocenters. The van der Waals surface area contributed by atoms with Crippen LogP contribution in [0, 0.1) is 17.1 Å². The van der Waals surface area contributed by atoms with Crippen molar-refractivity contribution in [1.29, 1.82) is 5.26 Å². The molecule has 0 amide bonds. The first-order chi connectivity index (χ1) is 11.1. The van der Waals surface area contributed by atoms with Gasteiger partial charge in [0.15, 0.2) is 0 Å². The third-order valence-electron chi connectivity index (χ3n) is 3.65. The highest BCUT2D eigenvalue weighted by Crippen LogP contribution is 2.16. The van der Waals surface area contributed by atoms with E-state index in [1.54, 1.807) is 12.1 Å². The van der Waals surface area contributed by atoms with Crippen LogP contribution < -0.4 is 0 Å². The quantitative estimate of drug-likeness (QED) is 0.682. The minimum Gasteiger partial charge on any atom is -0.212 e. The summed E-state index contributed by atoms with van der Waals surface area (Å²) in [5, 5.41) is 8.72. The Kier molecular flexibility index (Phi) is 6.05. The van der Waals surface area contributed by atoms with E-state index in [0.29, 0.717) is 12.8 Å². The molecule has 2 rings (SSSR count). The Morgan fingerprint density at radius 3 is 2.35 bits per heavy atom. The van der Waals surface area contributed by atoms with E-state index in [-0.39, 0.29) is 11.4 Å². The summed E-state index contributed by atoms with van der Waals surface area (Å²) in [4.78, 5) is 0. The van der Waals surface area contributed by atoms with Crippen LogP contribution in [0.15, 0.2) is 48.3 Å². The van der Waals surface area contributed by atoms with Crippen LogP contribution >= 0.6 is 0 Å². The zero-order valence-corrected chi connectivity index (χ0v) is 13.2. The monoisotopic (exact) mass is 311 g/mol. The molecule has 118 valence electrons. The van der Waals surface area contributed by atoms with Gasteiger partial charge < -0.3 is 0 Å². The fraction of sp³-hybridized carbons (Fsp3) is 0.250. The lowest BCUT2D eigenvalue weighted by molar-refractivity contribution is 0.591. The van der Waals surface area contributed by atoms with Crippen LogP contribution in [0.3, 0.4) is 0 Å². The maximum atomic E-state index is 13.5. The summed E-state index contributed by atoms with van der Waals surface area (Å²) in [6, 6.07) is 14.2. The maximum absolute atomic E-state index is 13.5. The molecular weight excluding hydrogens is 292 g/mol. The molecule has 0 saturated heterocycles. The van der Waals surface area contributed by atoms with Crippen molar-refractivity contribution < 1.29 is 8.78 Å². The minimum absolute atomic E-state index is 0.0685. The average Bonchev–Trinajstić information content (AvgIpc) is 2.54. The molecular formula is C20H19F2N. The van der Waals surface area contributed by atoms with Crippen molar-refractivity contribution in [2.24, 2.45) is 0 Å². The smallest absolute Gasteiger partial charge is 0.141 e. The summed E-state index contributed by atoms with van der Waals surface area (Å²) in [6.07, 6.45) is 4.28. The molecule has 0 spiro atoms. The third-order valence-corrected chi connectivity index (χ3v) is 3.65.